The molecule has 0 amide bonds. The van der Waals surface area contributed by atoms with E-state index in [4.69, 9.17) is 0 Å². The number of rotatable bonds is 0. The Hall–Kier alpha value is -3.26. The third-order valence-electron chi connectivity index (χ3n) is 5.06. The number of para-hydroxylation sites is 1. The first kappa shape index (κ1) is 15.0. The van der Waals surface area contributed by atoms with E-state index < -0.39 is 0 Å². The molecule has 2 heteroatoms. The monoisotopic (exact) mass is 334 g/mol. The second-order valence-corrected chi connectivity index (χ2v) is 6.58. The maximum atomic E-state index is 4.55. The average molecular weight is 334 g/mol. The number of hydrogen-bond donors (Lipinski definition) is 0. The number of hydrogen-bond acceptors (Lipinski definition) is 2. The van der Waals surface area contributed by atoms with Crippen LogP contribution in [0.3, 0.4) is 0 Å². The number of aliphatic imine (C=N–C) groups is 2. The lowest BCUT2D eigenvalue weighted by molar-refractivity contribution is 1.41. The van der Waals surface area contributed by atoms with E-state index >= 15 is 0 Å². The molecular weight excluding hydrogens is 316 g/mol. The van der Waals surface area contributed by atoms with Gasteiger partial charge in [-0.2, -0.15) is 0 Å². The van der Waals surface area contributed by atoms with Crippen molar-refractivity contribution in [2.24, 2.45) is 9.98 Å². The van der Waals surface area contributed by atoms with Crippen LogP contribution in [0.4, 0.5) is 11.4 Å². The Labute approximate surface area is 152 Å². The number of nitrogens with zero attached hydrogens (tertiary/aromatic N) is 2. The van der Waals surface area contributed by atoms with E-state index in [1.54, 1.807) is 0 Å². The van der Waals surface area contributed by atoms with Gasteiger partial charge in [-0.05, 0) is 33.4 Å². The van der Waals surface area contributed by atoms with E-state index in [1.807, 2.05) is 30.6 Å². The van der Waals surface area contributed by atoms with Gasteiger partial charge in [0.05, 0.1) is 11.4 Å². The van der Waals surface area contributed by atoms with Crippen molar-refractivity contribution < 1.29 is 0 Å². The minimum Gasteiger partial charge on any atom is -0.261 e. The molecule has 2 aliphatic rings. The summed E-state index contributed by atoms with van der Waals surface area (Å²) in [5.41, 5.74) is 5.02. The van der Waals surface area contributed by atoms with Crippen molar-refractivity contribution in [1.29, 1.82) is 0 Å². The van der Waals surface area contributed by atoms with Gasteiger partial charge in [-0.25, -0.2) is 0 Å². The first-order valence-electron chi connectivity index (χ1n) is 8.97. The van der Waals surface area contributed by atoms with Gasteiger partial charge in [0.15, 0.2) is 0 Å². The second kappa shape index (κ2) is 6.23. The predicted molar refractivity (Wildman–Crippen MR) is 112 cm³/mol. The van der Waals surface area contributed by atoms with Gasteiger partial charge in [-0.1, -0.05) is 66.7 Å². The number of benzene rings is 4. The smallest absolute Gasteiger partial charge is 0.0746 e. The molecule has 6 rings (SSSR count). The fraction of sp³-hybridized carbons (Fsp3) is 0.0833. The lowest BCUT2D eigenvalue weighted by Gasteiger charge is -2.09. The molecule has 0 aromatic heterocycles. The summed E-state index contributed by atoms with van der Waals surface area (Å²) in [7, 11) is 0. The van der Waals surface area contributed by atoms with E-state index in [1.165, 1.54) is 38.4 Å². The van der Waals surface area contributed by atoms with Crippen LogP contribution in [0.15, 0.2) is 82.8 Å². The fourth-order valence-electron chi connectivity index (χ4n) is 3.83. The molecule has 2 heterocycles. The molecule has 0 fully saturated rings. The Morgan fingerprint density at radius 1 is 0.538 bits per heavy atom. The summed E-state index contributed by atoms with van der Waals surface area (Å²) in [6.45, 7) is 0. The SMILES string of the molecule is C1=Nc2c(c3ccccc3c3ccccc23)C1.C1=Nc2ccccc2C1. The van der Waals surface area contributed by atoms with Crippen molar-refractivity contribution >= 4 is 45.3 Å². The summed E-state index contributed by atoms with van der Waals surface area (Å²) in [6, 6.07) is 25.4. The highest BCUT2D eigenvalue weighted by molar-refractivity contribution is 6.16. The van der Waals surface area contributed by atoms with Crippen molar-refractivity contribution in [3.05, 3.63) is 83.9 Å². The molecule has 0 aliphatic carbocycles. The van der Waals surface area contributed by atoms with Crippen molar-refractivity contribution in [2.45, 2.75) is 12.8 Å². The molecule has 0 bridgehead atoms. The highest BCUT2D eigenvalue weighted by Gasteiger charge is 2.15. The van der Waals surface area contributed by atoms with Gasteiger partial charge in [-0.3, -0.25) is 9.98 Å². The molecule has 0 N–H and O–H groups in total. The van der Waals surface area contributed by atoms with Crippen molar-refractivity contribution in [3.63, 3.8) is 0 Å². The van der Waals surface area contributed by atoms with Crippen LogP contribution in [0, 0.1) is 0 Å². The zero-order valence-corrected chi connectivity index (χ0v) is 14.4. The lowest BCUT2D eigenvalue weighted by atomic mass is 9.95. The third kappa shape index (κ3) is 2.42. The highest BCUT2D eigenvalue weighted by Crippen LogP contribution is 2.40. The van der Waals surface area contributed by atoms with Crippen molar-refractivity contribution in [3.8, 4) is 0 Å². The Morgan fingerprint density at radius 3 is 1.96 bits per heavy atom. The molecule has 4 aromatic rings. The van der Waals surface area contributed by atoms with Crippen molar-refractivity contribution in [1.82, 2.24) is 0 Å². The number of fused-ring (bicyclic) bond motifs is 7. The molecular formula is C24H18N2. The Bertz CT molecular complexity index is 1190. The molecule has 124 valence electrons. The van der Waals surface area contributed by atoms with Gasteiger partial charge in [0.25, 0.3) is 0 Å². The summed E-state index contributed by atoms with van der Waals surface area (Å²) < 4.78 is 0. The van der Waals surface area contributed by atoms with Crippen LogP contribution < -0.4 is 0 Å². The highest BCUT2D eigenvalue weighted by atomic mass is 14.8. The van der Waals surface area contributed by atoms with Crippen LogP contribution in [0.5, 0.6) is 0 Å². The molecule has 0 spiro atoms. The van der Waals surface area contributed by atoms with Gasteiger partial charge >= 0.3 is 0 Å². The molecule has 2 nitrogen and oxygen atoms in total. The van der Waals surface area contributed by atoms with Crippen molar-refractivity contribution in [2.75, 3.05) is 0 Å². The Kier molecular flexibility index (Phi) is 3.60. The van der Waals surface area contributed by atoms with Gasteiger partial charge in [0, 0.05) is 30.7 Å². The average Bonchev–Trinajstić information content (AvgIpc) is 3.38. The second-order valence-electron chi connectivity index (χ2n) is 6.58. The Morgan fingerprint density at radius 2 is 1.15 bits per heavy atom. The van der Waals surface area contributed by atoms with Gasteiger partial charge in [-0.15, -0.1) is 0 Å². The largest absolute Gasteiger partial charge is 0.261 e. The third-order valence-corrected chi connectivity index (χ3v) is 5.06. The normalized spacial score (nSPS) is 13.5. The minimum atomic E-state index is 0.959. The molecule has 0 saturated heterocycles. The molecule has 0 unspecified atom stereocenters. The topological polar surface area (TPSA) is 24.7 Å². The molecule has 0 radical (unpaired) electrons. The minimum absolute atomic E-state index is 0.959. The maximum Gasteiger partial charge on any atom is 0.0746 e. The first-order chi connectivity index (χ1) is 12.9. The quantitative estimate of drug-likeness (QED) is 0.342. The summed E-state index contributed by atoms with van der Waals surface area (Å²) in [5.74, 6) is 0. The molecule has 2 aliphatic heterocycles. The predicted octanol–water partition coefficient (Wildman–Crippen LogP) is 6.20. The van der Waals surface area contributed by atoms with E-state index in [0.717, 1.165) is 18.5 Å². The van der Waals surface area contributed by atoms with Gasteiger partial charge < -0.3 is 0 Å². The lowest BCUT2D eigenvalue weighted by Crippen LogP contribution is -1.85. The Balaban J connectivity index is 0.000000141. The van der Waals surface area contributed by atoms with E-state index in [-0.39, 0.29) is 0 Å². The van der Waals surface area contributed by atoms with Crippen LogP contribution in [-0.4, -0.2) is 12.4 Å². The fourth-order valence-corrected chi connectivity index (χ4v) is 3.83. The van der Waals surface area contributed by atoms with E-state index in [2.05, 4.69) is 64.6 Å². The zero-order valence-electron chi connectivity index (χ0n) is 14.4. The van der Waals surface area contributed by atoms with Gasteiger partial charge in [0.1, 0.15) is 0 Å². The molecule has 4 aromatic carbocycles. The van der Waals surface area contributed by atoms with Crippen LogP contribution in [-0.2, 0) is 12.8 Å². The van der Waals surface area contributed by atoms with E-state index in [9.17, 15) is 0 Å². The van der Waals surface area contributed by atoms with Gasteiger partial charge in [0.2, 0.25) is 0 Å². The molecule has 26 heavy (non-hydrogen) atoms. The molecule has 0 atom stereocenters. The summed E-state index contributed by atoms with van der Waals surface area (Å²) >= 11 is 0. The van der Waals surface area contributed by atoms with Crippen LogP contribution in [0.2, 0.25) is 0 Å². The van der Waals surface area contributed by atoms with Crippen LogP contribution in [0.1, 0.15) is 11.1 Å². The van der Waals surface area contributed by atoms with Crippen LogP contribution >= 0.6 is 0 Å². The van der Waals surface area contributed by atoms with E-state index in [0.29, 0.717) is 0 Å². The first-order valence-corrected chi connectivity index (χ1v) is 8.97. The summed E-state index contributed by atoms with van der Waals surface area (Å²) in [5, 5.41) is 5.27. The maximum absolute atomic E-state index is 4.55. The summed E-state index contributed by atoms with van der Waals surface area (Å²) in [4.78, 5) is 8.73. The van der Waals surface area contributed by atoms with Crippen LogP contribution in [0.25, 0.3) is 21.5 Å². The summed E-state index contributed by atoms with van der Waals surface area (Å²) in [6.07, 6.45) is 5.94. The standard InChI is InChI=1S/C16H11N.C8H7N/c1-2-7-13-11(5-1)12-6-3-4-8-14(12)16-15(13)9-10-17-16;1-2-4-8-7(3-1)5-6-9-8/h1-8,10H,9H2;1-4,6H,5H2. The zero-order chi connectivity index (χ0) is 17.3. The molecule has 0 saturated carbocycles.